The minimum absolute atomic E-state index is 0.174. The highest BCUT2D eigenvalue weighted by atomic mass is 32.2. The summed E-state index contributed by atoms with van der Waals surface area (Å²) in [6.07, 6.45) is 0.734. The van der Waals surface area contributed by atoms with E-state index in [2.05, 4.69) is 4.72 Å². The number of ether oxygens (including phenoxy) is 3. The summed E-state index contributed by atoms with van der Waals surface area (Å²) in [4.78, 5) is 0.244. The van der Waals surface area contributed by atoms with Gasteiger partial charge >= 0.3 is 0 Å². The highest BCUT2D eigenvalue weighted by Crippen LogP contribution is 2.27. The van der Waals surface area contributed by atoms with Crippen LogP contribution in [0.1, 0.15) is 5.56 Å². The molecule has 0 amide bonds. The van der Waals surface area contributed by atoms with Gasteiger partial charge in [-0.2, -0.15) is 0 Å². The maximum atomic E-state index is 12.3. The van der Waals surface area contributed by atoms with Crippen LogP contribution in [0.2, 0.25) is 0 Å². The molecule has 0 aliphatic carbocycles. The van der Waals surface area contributed by atoms with Gasteiger partial charge in [-0.3, -0.25) is 0 Å². The number of hydrogen-bond acceptors (Lipinski definition) is 5. The Morgan fingerprint density at radius 3 is 2.83 bits per heavy atom. The van der Waals surface area contributed by atoms with Gasteiger partial charge in [-0.25, -0.2) is 13.1 Å². The number of methoxy groups -OCH3 is 1. The van der Waals surface area contributed by atoms with Crippen LogP contribution >= 0.6 is 0 Å². The zero-order chi connectivity index (χ0) is 17.0. The van der Waals surface area contributed by atoms with Crippen molar-refractivity contribution >= 4 is 10.0 Å². The summed E-state index contributed by atoms with van der Waals surface area (Å²) in [5.74, 6) is 2.08. The third-order valence-electron chi connectivity index (χ3n) is 3.68. The van der Waals surface area contributed by atoms with Crippen molar-refractivity contribution < 1.29 is 22.6 Å². The Balaban J connectivity index is 1.55. The number of rotatable bonds is 7. The minimum Gasteiger partial charge on any atom is -0.497 e. The third kappa shape index (κ3) is 3.80. The molecule has 24 heavy (non-hydrogen) atoms. The Kier molecular flexibility index (Phi) is 4.92. The Hall–Kier alpha value is -2.25. The van der Waals surface area contributed by atoms with E-state index in [1.807, 2.05) is 12.1 Å². The molecule has 1 aliphatic rings. The molecule has 0 saturated carbocycles. The van der Waals surface area contributed by atoms with E-state index in [0.717, 1.165) is 17.7 Å². The van der Waals surface area contributed by atoms with Gasteiger partial charge < -0.3 is 14.2 Å². The van der Waals surface area contributed by atoms with Gasteiger partial charge in [-0.05, 0) is 35.9 Å². The summed E-state index contributed by atoms with van der Waals surface area (Å²) < 4.78 is 43.2. The van der Waals surface area contributed by atoms with Crippen molar-refractivity contribution in [2.45, 2.75) is 11.3 Å². The van der Waals surface area contributed by atoms with Gasteiger partial charge in [0, 0.05) is 19.0 Å². The second-order valence-corrected chi connectivity index (χ2v) is 7.06. The molecule has 1 aliphatic heterocycles. The fourth-order valence-electron chi connectivity index (χ4n) is 2.45. The monoisotopic (exact) mass is 349 g/mol. The van der Waals surface area contributed by atoms with Crippen LogP contribution in [0, 0.1) is 0 Å². The van der Waals surface area contributed by atoms with E-state index in [-0.39, 0.29) is 18.0 Å². The van der Waals surface area contributed by atoms with Gasteiger partial charge in [-0.15, -0.1) is 0 Å². The fourth-order valence-corrected chi connectivity index (χ4v) is 3.51. The zero-order valence-electron chi connectivity index (χ0n) is 13.3. The quantitative estimate of drug-likeness (QED) is 0.774. The second-order valence-electron chi connectivity index (χ2n) is 5.29. The predicted octanol–water partition coefficient (Wildman–Crippen LogP) is 1.99. The first kappa shape index (κ1) is 16.6. The Morgan fingerprint density at radius 1 is 1.17 bits per heavy atom. The lowest BCUT2D eigenvalue weighted by Gasteiger charge is -2.10. The summed E-state index contributed by atoms with van der Waals surface area (Å²) in [6.45, 7) is 0.994. The topological polar surface area (TPSA) is 73.9 Å². The molecule has 0 unspecified atom stereocenters. The van der Waals surface area contributed by atoms with E-state index in [9.17, 15) is 8.42 Å². The van der Waals surface area contributed by atoms with E-state index < -0.39 is 10.0 Å². The lowest BCUT2D eigenvalue weighted by Crippen LogP contribution is -2.28. The molecular weight excluding hydrogens is 330 g/mol. The van der Waals surface area contributed by atoms with Crippen LogP contribution in [0.25, 0.3) is 0 Å². The van der Waals surface area contributed by atoms with Crippen LogP contribution in [-0.4, -0.2) is 35.3 Å². The van der Waals surface area contributed by atoms with Crippen molar-refractivity contribution in [1.82, 2.24) is 4.72 Å². The molecule has 0 aromatic heterocycles. The number of nitrogens with one attached hydrogen (secondary N) is 1. The normalized spacial score (nSPS) is 13.2. The van der Waals surface area contributed by atoms with E-state index in [0.29, 0.717) is 18.1 Å². The van der Waals surface area contributed by atoms with Crippen LogP contribution in [-0.2, 0) is 16.4 Å². The van der Waals surface area contributed by atoms with Gasteiger partial charge in [0.2, 0.25) is 10.0 Å². The summed E-state index contributed by atoms with van der Waals surface area (Å²) in [5.41, 5.74) is 0.922. The molecule has 1 N–H and O–H groups in total. The number of fused-ring (bicyclic) bond motifs is 1. The minimum atomic E-state index is -3.56. The van der Waals surface area contributed by atoms with Crippen LogP contribution in [0.5, 0.6) is 17.2 Å². The number of sulfonamides is 1. The Morgan fingerprint density at radius 2 is 2.00 bits per heavy atom. The van der Waals surface area contributed by atoms with Gasteiger partial charge in [0.1, 0.15) is 23.9 Å². The van der Waals surface area contributed by atoms with Crippen LogP contribution in [0.15, 0.2) is 47.4 Å². The fraction of sp³-hybridized carbons (Fsp3) is 0.294. The van der Waals surface area contributed by atoms with E-state index in [1.54, 1.807) is 37.4 Å². The van der Waals surface area contributed by atoms with E-state index in [4.69, 9.17) is 14.2 Å². The van der Waals surface area contributed by atoms with Gasteiger partial charge in [-0.1, -0.05) is 6.07 Å². The molecule has 128 valence electrons. The lowest BCUT2D eigenvalue weighted by molar-refractivity contribution is 0.320. The molecule has 0 atom stereocenters. The smallest absolute Gasteiger partial charge is 0.240 e. The highest BCUT2D eigenvalue weighted by molar-refractivity contribution is 7.89. The van der Waals surface area contributed by atoms with Crippen molar-refractivity contribution in [2.24, 2.45) is 0 Å². The lowest BCUT2D eigenvalue weighted by atomic mass is 10.2. The molecular formula is C17H19NO5S. The van der Waals surface area contributed by atoms with Gasteiger partial charge in [0.05, 0.1) is 18.6 Å². The molecule has 0 fully saturated rings. The van der Waals surface area contributed by atoms with Crippen molar-refractivity contribution in [2.75, 3.05) is 26.9 Å². The maximum Gasteiger partial charge on any atom is 0.240 e. The molecule has 6 nitrogen and oxygen atoms in total. The zero-order valence-corrected chi connectivity index (χ0v) is 14.1. The summed E-state index contributed by atoms with van der Waals surface area (Å²) in [6, 6.07) is 12.1. The largest absolute Gasteiger partial charge is 0.497 e. The number of hydrogen-bond donors (Lipinski definition) is 1. The van der Waals surface area contributed by atoms with E-state index in [1.165, 1.54) is 0 Å². The molecule has 0 saturated heterocycles. The first-order valence-electron chi connectivity index (χ1n) is 7.61. The third-order valence-corrected chi connectivity index (χ3v) is 5.13. The standard InChI is InChI=1S/C17H19NO5S/c1-21-14-3-2-4-15(12-14)22-10-8-18-24(19,20)16-5-6-17-13(11-16)7-9-23-17/h2-6,11-12,18H,7-10H2,1H3. The molecule has 0 radical (unpaired) electrons. The molecule has 2 aromatic rings. The van der Waals surface area contributed by atoms with Gasteiger partial charge in [0.25, 0.3) is 0 Å². The maximum absolute atomic E-state index is 12.3. The highest BCUT2D eigenvalue weighted by Gasteiger charge is 2.18. The van der Waals surface area contributed by atoms with E-state index >= 15 is 0 Å². The van der Waals surface area contributed by atoms with Crippen molar-refractivity contribution in [3.8, 4) is 17.2 Å². The van der Waals surface area contributed by atoms with Crippen molar-refractivity contribution in [1.29, 1.82) is 0 Å². The summed E-state index contributed by atoms with van der Waals surface area (Å²) >= 11 is 0. The first-order chi connectivity index (χ1) is 11.6. The molecule has 1 heterocycles. The average molecular weight is 349 g/mol. The SMILES string of the molecule is COc1cccc(OCCNS(=O)(=O)c2ccc3c(c2)CCO3)c1. The molecule has 2 aromatic carbocycles. The van der Waals surface area contributed by atoms with Crippen molar-refractivity contribution in [3.63, 3.8) is 0 Å². The Labute approximate surface area is 141 Å². The second kappa shape index (κ2) is 7.11. The van der Waals surface area contributed by atoms with Crippen LogP contribution < -0.4 is 18.9 Å². The van der Waals surface area contributed by atoms with Crippen LogP contribution in [0.4, 0.5) is 0 Å². The summed E-state index contributed by atoms with van der Waals surface area (Å²) in [7, 11) is -1.98. The summed E-state index contributed by atoms with van der Waals surface area (Å²) in [5, 5.41) is 0. The average Bonchev–Trinajstić information content (AvgIpc) is 3.06. The number of benzene rings is 2. The van der Waals surface area contributed by atoms with Gasteiger partial charge in [0.15, 0.2) is 0 Å². The molecule has 0 spiro atoms. The van der Waals surface area contributed by atoms with Crippen molar-refractivity contribution in [3.05, 3.63) is 48.0 Å². The first-order valence-corrected chi connectivity index (χ1v) is 9.09. The molecule has 3 rings (SSSR count). The predicted molar refractivity (Wildman–Crippen MR) is 89.3 cm³/mol. The Bertz CT molecular complexity index is 819. The molecule has 7 heteroatoms. The molecule has 0 bridgehead atoms. The van der Waals surface area contributed by atoms with Crippen LogP contribution in [0.3, 0.4) is 0 Å².